The van der Waals surface area contributed by atoms with Crippen molar-refractivity contribution in [2.24, 2.45) is 0 Å². The standard InChI is InChI=1S/C27H22ClNO4/c1-16-3-12-22-21(15-16)25(30)23-24(18-6-8-19(28)9-7-18)29(27(31)26(23)33-22)14-13-17-4-10-20(32-2)11-5-17/h3-12,15,24H,13-14H2,1-2H3/t24-/m0/s1. The minimum Gasteiger partial charge on any atom is -0.497 e. The predicted molar refractivity (Wildman–Crippen MR) is 128 cm³/mol. The average Bonchev–Trinajstić information content (AvgIpc) is 3.11. The van der Waals surface area contributed by atoms with Gasteiger partial charge in [-0.1, -0.05) is 47.5 Å². The van der Waals surface area contributed by atoms with Gasteiger partial charge in [-0.05, 0) is 60.9 Å². The molecule has 166 valence electrons. The summed E-state index contributed by atoms with van der Waals surface area (Å²) in [5, 5.41) is 1.08. The number of nitrogens with zero attached hydrogens (tertiary/aromatic N) is 1. The van der Waals surface area contributed by atoms with Crippen molar-refractivity contribution in [1.29, 1.82) is 0 Å². The van der Waals surface area contributed by atoms with E-state index in [-0.39, 0.29) is 17.1 Å². The van der Waals surface area contributed by atoms with E-state index in [0.29, 0.717) is 34.5 Å². The molecule has 0 saturated carbocycles. The van der Waals surface area contributed by atoms with Crippen LogP contribution in [-0.2, 0) is 6.42 Å². The molecular formula is C27H22ClNO4. The zero-order chi connectivity index (χ0) is 23.1. The fourth-order valence-corrected chi connectivity index (χ4v) is 4.52. The van der Waals surface area contributed by atoms with Crippen LogP contribution in [-0.4, -0.2) is 24.5 Å². The van der Waals surface area contributed by atoms with Gasteiger partial charge in [0.15, 0.2) is 5.43 Å². The van der Waals surface area contributed by atoms with E-state index in [1.165, 1.54) is 0 Å². The Labute approximate surface area is 196 Å². The van der Waals surface area contributed by atoms with Gasteiger partial charge in [0, 0.05) is 11.6 Å². The summed E-state index contributed by atoms with van der Waals surface area (Å²) in [7, 11) is 1.63. The summed E-state index contributed by atoms with van der Waals surface area (Å²) in [6.45, 7) is 2.35. The van der Waals surface area contributed by atoms with Gasteiger partial charge in [0.1, 0.15) is 11.3 Å². The Hall–Kier alpha value is -3.57. The Balaban J connectivity index is 1.60. The normalized spacial score (nSPS) is 15.2. The number of hydrogen-bond donors (Lipinski definition) is 0. The molecule has 1 amide bonds. The molecule has 4 aromatic rings. The highest BCUT2D eigenvalue weighted by Gasteiger charge is 2.42. The van der Waals surface area contributed by atoms with Crippen molar-refractivity contribution in [2.75, 3.05) is 13.7 Å². The van der Waals surface area contributed by atoms with Crippen molar-refractivity contribution in [2.45, 2.75) is 19.4 Å². The Morgan fingerprint density at radius 1 is 1.00 bits per heavy atom. The third kappa shape index (κ3) is 3.79. The van der Waals surface area contributed by atoms with Gasteiger partial charge in [-0.2, -0.15) is 0 Å². The van der Waals surface area contributed by atoms with Crippen LogP contribution in [0.25, 0.3) is 11.0 Å². The lowest BCUT2D eigenvalue weighted by Gasteiger charge is -2.25. The van der Waals surface area contributed by atoms with Crippen LogP contribution < -0.4 is 10.2 Å². The van der Waals surface area contributed by atoms with Gasteiger partial charge in [-0.25, -0.2) is 0 Å². The van der Waals surface area contributed by atoms with Crippen LogP contribution in [0.5, 0.6) is 5.75 Å². The molecule has 0 saturated heterocycles. The molecule has 3 aromatic carbocycles. The summed E-state index contributed by atoms with van der Waals surface area (Å²) in [4.78, 5) is 28.8. The second-order valence-corrected chi connectivity index (χ2v) is 8.66. The van der Waals surface area contributed by atoms with E-state index < -0.39 is 6.04 Å². The zero-order valence-corrected chi connectivity index (χ0v) is 19.1. The number of halogens is 1. The lowest BCUT2D eigenvalue weighted by molar-refractivity contribution is 0.0730. The number of aryl methyl sites for hydroxylation is 1. The van der Waals surface area contributed by atoms with Gasteiger partial charge in [-0.3, -0.25) is 9.59 Å². The van der Waals surface area contributed by atoms with E-state index >= 15 is 0 Å². The minimum atomic E-state index is -0.538. The summed E-state index contributed by atoms with van der Waals surface area (Å²) in [6.07, 6.45) is 0.626. The fourth-order valence-electron chi connectivity index (χ4n) is 4.40. The molecule has 0 unspecified atom stereocenters. The van der Waals surface area contributed by atoms with Crippen molar-refractivity contribution in [3.63, 3.8) is 0 Å². The molecule has 5 rings (SSSR count). The van der Waals surface area contributed by atoms with Gasteiger partial charge in [-0.15, -0.1) is 0 Å². The van der Waals surface area contributed by atoms with E-state index in [1.54, 1.807) is 30.2 Å². The molecule has 1 aliphatic rings. The molecule has 5 nitrogen and oxygen atoms in total. The van der Waals surface area contributed by atoms with E-state index in [2.05, 4.69) is 0 Å². The molecule has 0 fully saturated rings. The number of carbonyl (C=O) groups is 1. The Morgan fingerprint density at radius 2 is 1.73 bits per heavy atom. The van der Waals surface area contributed by atoms with Crippen LogP contribution >= 0.6 is 11.6 Å². The first kappa shape index (κ1) is 21.3. The number of ether oxygens (including phenoxy) is 1. The van der Waals surface area contributed by atoms with Gasteiger partial charge < -0.3 is 14.1 Å². The monoisotopic (exact) mass is 459 g/mol. The van der Waals surface area contributed by atoms with Crippen LogP contribution in [0.1, 0.15) is 38.9 Å². The molecule has 33 heavy (non-hydrogen) atoms. The van der Waals surface area contributed by atoms with Gasteiger partial charge in [0.05, 0.1) is 24.1 Å². The third-order valence-corrected chi connectivity index (χ3v) is 6.36. The van der Waals surface area contributed by atoms with Crippen LogP contribution in [0.15, 0.2) is 75.9 Å². The number of rotatable bonds is 5. The van der Waals surface area contributed by atoms with Crippen molar-refractivity contribution in [3.8, 4) is 5.75 Å². The van der Waals surface area contributed by atoms with Crippen molar-refractivity contribution >= 4 is 28.5 Å². The highest BCUT2D eigenvalue weighted by atomic mass is 35.5. The molecule has 2 heterocycles. The quantitative estimate of drug-likeness (QED) is 0.392. The second-order valence-electron chi connectivity index (χ2n) is 8.22. The zero-order valence-electron chi connectivity index (χ0n) is 18.3. The SMILES string of the molecule is COc1ccc(CCN2C(=O)c3oc4ccc(C)cc4c(=O)c3[C@@H]2c2ccc(Cl)cc2)cc1. The lowest BCUT2D eigenvalue weighted by Crippen LogP contribution is -2.31. The largest absolute Gasteiger partial charge is 0.497 e. The molecule has 1 aliphatic heterocycles. The first-order valence-electron chi connectivity index (χ1n) is 10.7. The fraction of sp³-hybridized carbons (Fsp3) is 0.185. The number of carbonyl (C=O) groups excluding carboxylic acids is 1. The number of benzene rings is 3. The molecule has 0 N–H and O–H groups in total. The summed E-state index contributed by atoms with van der Waals surface area (Å²) >= 11 is 6.11. The van der Waals surface area contributed by atoms with Crippen molar-refractivity contribution in [1.82, 2.24) is 4.90 Å². The van der Waals surface area contributed by atoms with E-state index in [4.69, 9.17) is 20.8 Å². The first-order valence-corrected chi connectivity index (χ1v) is 11.1. The maximum atomic E-state index is 13.6. The Morgan fingerprint density at radius 3 is 2.42 bits per heavy atom. The van der Waals surface area contributed by atoms with E-state index in [9.17, 15) is 9.59 Å². The molecular weight excluding hydrogens is 438 g/mol. The summed E-state index contributed by atoms with van der Waals surface area (Å²) in [5.41, 5.74) is 3.48. The van der Waals surface area contributed by atoms with Crippen LogP contribution in [0, 0.1) is 6.92 Å². The Kier molecular flexibility index (Phi) is 5.43. The highest BCUT2D eigenvalue weighted by Crippen LogP contribution is 2.38. The van der Waals surface area contributed by atoms with Gasteiger partial charge in [0.25, 0.3) is 5.91 Å². The van der Waals surface area contributed by atoms with Crippen molar-refractivity contribution in [3.05, 3.63) is 110 Å². The van der Waals surface area contributed by atoms with E-state index in [1.807, 2.05) is 55.5 Å². The number of methoxy groups -OCH3 is 1. The predicted octanol–water partition coefficient (Wildman–Crippen LogP) is 5.55. The molecule has 1 aromatic heterocycles. The number of fused-ring (bicyclic) bond motifs is 2. The number of hydrogen-bond acceptors (Lipinski definition) is 4. The maximum absolute atomic E-state index is 13.6. The molecule has 6 heteroatoms. The smallest absolute Gasteiger partial charge is 0.290 e. The molecule has 1 atom stereocenters. The van der Waals surface area contributed by atoms with Crippen molar-refractivity contribution < 1.29 is 13.9 Å². The topological polar surface area (TPSA) is 59.8 Å². The summed E-state index contributed by atoms with van der Waals surface area (Å²) in [6, 6.07) is 19.9. The highest BCUT2D eigenvalue weighted by molar-refractivity contribution is 6.30. The van der Waals surface area contributed by atoms with Crippen LogP contribution in [0.3, 0.4) is 0 Å². The number of amides is 1. The summed E-state index contributed by atoms with van der Waals surface area (Å²) in [5.74, 6) is 0.614. The average molecular weight is 460 g/mol. The maximum Gasteiger partial charge on any atom is 0.290 e. The van der Waals surface area contributed by atoms with E-state index in [0.717, 1.165) is 22.4 Å². The lowest BCUT2D eigenvalue weighted by atomic mass is 9.98. The second kappa shape index (κ2) is 8.41. The first-order chi connectivity index (χ1) is 16.0. The van der Waals surface area contributed by atoms with Gasteiger partial charge >= 0.3 is 0 Å². The molecule has 0 bridgehead atoms. The summed E-state index contributed by atoms with van der Waals surface area (Å²) < 4.78 is 11.2. The Bertz CT molecular complexity index is 1410. The molecule has 0 spiro atoms. The van der Waals surface area contributed by atoms with Crippen LogP contribution in [0.4, 0.5) is 0 Å². The van der Waals surface area contributed by atoms with Gasteiger partial charge in [0.2, 0.25) is 5.76 Å². The molecule has 0 radical (unpaired) electrons. The third-order valence-electron chi connectivity index (χ3n) is 6.11. The molecule has 0 aliphatic carbocycles. The van der Waals surface area contributed by atoms with Crippen LogP contribution in [0.2, 0.25) is 5.02 Å². The minimum absolute atomic E-state index is 0.117.